The number of halogens is 2. The molecule has 0 N–H and O–H groups in total. The quantitative estimate of drug-likeness (QED) is 0.167. The number of fused-ring (bicyclic) bond motifs is 1. The van der Waals surface area contributed by atoms with Gasteiger partial charge in [0.25, 0.3) is 0 Å². The number of piperazine rings is 1. The monoisotopic (exact) mass is 722 g/mol. The highest BCUT2D eigenvalue weighted by atomic mass is 19.1. The maximum Gasteiger partial charge on any atom is 0.350 e. The molecule has 0 aliphatic carbocycles. The lowest BCUT2D eigenvalue weighted by Crippen LogP contribution is -2.46. The third-order valence-electron chi connectivity index (χ3n) is 10.0. The fraction of sp³-hybridized carbons (Fsp3) is 0.333. The topological polar surface area (TPSA) is 105 Å². The Balaban J connectivity index is 0.868. The molecular weight excluding hydrogens is 682 g/mol. The molecule has 0 amide bonds. The van der Waals surface area contributed by atoms with Crippen molar-refractivity contribution in [2.75, 3.05) is 49.2 Å². The lowest BCUT2D eigenvalue weighted by molar-refractivity contribution is -0.194. The third kappa shape index (κ3) is 6.99. The lowest BCUT2D eigenvalue weighted by Gasteiger charge is -2.37. The molecule has 0 radical (unpaired) electrons. The van der Waals surface area contributed by atoms with E-state index in [4.69, 9.17) is 14.2 Å². The average molecular weight is 723 g/mol. The van der Waals surface area contributed by atoms with E-state index in [0.717, 1.165) is 55.7 Å². The van der Waals surface area contributed by atoms with Crippen LogP contribution in [0.1, 0.15) is 31.9 Å². The Kier molecular flexibility index (Phi) is 9.39. The molecule has 12 nitrogen and oxygen atoms in total. The Hall–Kier alpha value is -5.60. The molecule has 8 rings (SSSR count). The number of ether oxygens (including phenoxy) is 3. The Morgan fingerprint density at radius 1 is 0.868 bits per heavy atom. The molecule has 3 unspecified atom stereocenters. The molecule has 3 atom stereocenters. The number of hydrogen-bond acceptors (Lipinski definition) is 9. The normalized spacial score (nSPS) is 19.6. The van der Waals surface area contributed by atoms with Crippen molar-refractivity contribution in [3.8, 4) is 11.4 Å². The van der Waals surface area contributed by atoms with E-state index in [1.165, 1.54) is 21.6 Å². The van der Waals surface area contributed by atoms with Crippen molar-refractivity contribution >= 4 is 22.4 Å². The largest absolute Gasteiger partial charge is 0.491 e. The molecule has 53 heavy (non-hydrogen) atoms. The molecular formula is C39H40F2N8O4. The molecule has 4 heterocycles. The molecule has 2 aliphatic heterocycles. The van der Waals surface area contributed by atoms with Gasteiger partial charge >= 0.3 is 5.69 Å². The molecule has 274 valence electrons. The van der Waals surface area contributed by atoms with Gasteiger partial charge in [-0.1, -0.05) is 19.1 Å². The van der Waals surface area contributed by atoms with Crippen LogP contribution in [0.15, 0.2) is 102 Å². The fourth-order valence-corrected chi connectivity index (χ4v) is 6.88. The standard InChI is InChI=1S/C39H40F2N8O4/c1-3-27(2)47-26-42-49(38(47)50)31-11-9-29(10-12-31)45-18-20-46(21-19-45)30-13-15-32(16-14-30)51-23-33-24-52-39(53-33,34-17-8-28(40)22-35(34)41)25-48-43-36-6-4-5-7-37(36)44-48/h4-17,22,26-27,33H,3,18-21,23-25H2,1-2H3. The van der Waals surface area contributed by atoms with Gasteiger partial charge in [0.05, 0.1) is 12.3 Å². The van der Waals surface area contributed by atoms with Crippen LogP contribution in [0.5, 0.6) is 5.75 Å². The number of rotatable bonds is 11. The van der Waals surface area contributed by atoms with Crippen LogP contribution in [0, 0.1) is 11.6 Å². The van der Waals surface area contributed by atoms with Crippen molar-refractivity contribution in [3.63, 3.8) is 0 Å². The van der Waals surface area contributed by atoms with E-state index in [0.29, 0.717) is 16.8 Å². The van der Waals surface area contributed by atoms with Crippen LogP contribution in [0.2, 0.25) is 0 Å². The maximum absolute atomic E-state index is 15.1. The van der Waals surface area contributed by atoms with E-state index >= 15 is 4.39 Å². The van der Waals surface area contributed by atoms with E-state index in [9.17, 15) is 9.18 Å². The van der Waals surface area contributed by atoms with Crippen molar-refractivity contribution < 1.29 is 23.0 Å². The minimum Gasteiger partial charge on any atom is -0.491 e. The zero-order valence-corrected chi connectivity index (χ0v) is 29.5. The Morgan fingerprint density at radius 2 is 1.49 bits per heavy atom. The first-order chi connectivity index (χ1) is 25.8. The Morgan fingerprint density at radius 3 is 2.11 bits per heavy atom. The highest BCUT2D eigenvalue weighted by molar-refractivity contribution is 5.73. The average Bonchev–Trinajstić information content (AvgIpc) is 3.90. The van der Waals surface area contributed by atoms with Gasteiger partial charge in [0, 0.05) is 55.2 Å². The van der Waals surface area contributed by atoms with Crippen molar-refractivity contribution in [2.24, 2.45) is 0 Å². The number of aromatic nitrogens is 6. The molecule has 4 aromatic carbocycles. The van der Waals surface area contributed by atoms with Gasteiger partial charge in [-0.2, -0.15) is 24.8 Å². The van der Waals surface area contributed by atoms with Crippen molar-refractivity contribution in [2.45, 2.75) is 44.7 Å². The highest BCUT2D eigenvalue weighted by Gasteiger charge is 2.46. The van der Waals surface area contributed by atoms with Gasteiger partial charge in [-0.3, -0.25) is 4.57 Å². The van der Waals surface area contributed by atoms with Crippen LogP contribution in [0.3, 0.4) is 0 Å². The summed E-state index contributed by atoms with van der Waals surface area (Å²) in [6.07, 6.45) is 1.93. The summed E-state index contributed by atoms with van der Waals surface area (Å²) in [5.41, 5.74) is 4.22. The van der Waals surface area contributed by atoms with E-state index in [-0.39, 0.29) is 37.1 Å². The SMILES string of the molecule is CCC(C)n1cnn(-c2ccc(N3CCN(c4ccc(OCC5COC(Cn6nc7ccccc7n6)(c6ccc(F)cc6F)O5)cc4)CC3)cc2)c1=O. The predicted octanol–water partition coefficient (Wildman–Crippen LogP) is 5.70. The van der Waals surface area contributed by atoms with Gasteiger partial charge in [-0.05, 0) is 86.1 Å². The minimum atomic E-state index is -1.58. The van der Waals surface area contributed by atoms with Crippen LogP contribution in [-0.2, 0) is 21.8 Å². The summed E-state index contributed by atoms with van der Waals surface area (Å²) >= 11 is 0. The van der Waals surface area contributed by atoms with Gasteiger partial charge in [-0.15, -0.1) is 0 Å². The lowest BCUT2D eigenvalue weighted by atomic mass is 10.0. The molecule has 0 saturated carbocycles. The van der Waals surface area contributed by atoms with Crippen molar-refractivity contribution in [1.29, 1.82) is 0 Å². The first-order valence-corrected chi connectivity index (χ1v) is 17.8. The van der Waals surface area contributed by atoms with Crippen molar-refractivity contribution in [3.05, 3.63) is 125 Å². The van der Waals surface area contributed by atoms with Gasteiger partial charge in [-0.25, -0.2) is 13.6 Å². The van der Waals surface area contributed by atoms with Crippen LogP contribution >= 0.6 is 0 Å². The van der Waals surface area contributed by atoms with Gasteiger partial charge in [0.2, 0.25) is 5.79 Å². The van der Waals surface area contributed by atoms with Gasteiger partial charge in [0.1, 0.15) is 54.0 Å². The van der Waals surface area contributed by atoms with Crippen LogP contribution in [-0.4, -0.2) is 74.8 Å². The zero-order valence-electron chi connectivity index (χ0n) is 29.5. The molecule has 14 heteroatoms. The summed E-state index contributed by atoms with van der Waals surface area (Å²) < 4.78 is 50.7. The van der Waals surface area contributed by atoms with E-state index < -0.39 is 23.5 Å². The molecule has 2 aliphatic rings. The van der Waals surface area contributed by atoms with Crippen molar-refractivity contribution in [1.82, 2.24) is 29.3 Å². The summed E-state index contributed by atoms with van der Waals surface area (Å²) in [6, 6.07) is 26.7. The summed E-state index contributed by atoms with van der Waals surface area (Å²) in [5.74, 6) is -2.39. The second-order valence-corrected chi connectivity index (χ2v) is 13.4. The smallest absolute Gasteiger partial charge is 0.350 e. The predicted molar refractivity (Wildman–Crippen MR) is 196 cm³/mol. The summed E-state index contributed by atoms with van der Waals surface area (Å²) in [4.78, 5) is 18.9. The molecule has 0 bridgehead atoms. The first kappa shape index (κ1) is 34.5. The minimum absolute atomic E-state index is 0.0416. The summed E-state index contributed by atoms with van der Waals surface area (Å²) in [6.45, 7) is 7.69. The molecule has 2 aromatic heterocycles. The van der Waals surface area contributed by atoms with Gasteiger partial charge in [0.15, 0.2) is 0 Å². The first-order valence-electron chi connectivity index (χ1n) is 17.8. The second-order valence-electron chi connectivity index (χ2n) is 13.4. The van der Waals surface area contributed by atoms with Crippen LogP contribution in [0.25, 0.3) is 16.7 Å². The molecule has 2 saturated heterocycles. The molecule has 0 spiro atoms. The Bertz CT molecular complexity index is 2220. The van der Waals surface area contributed by atoms with Crippen LogP contribution in [0.4, 0.5) is 20.2 Å². The number of nitrogens with zero attached hydrogens (tertiary/aromatic N) is 8. The zero-order chi connectivity index (χ0) is 36.5. The molecule has 2 fully saturated rings. The van der Waals surface area contributed by atoms with E-state index in [1.807, 2.05) is 79.7 Å². The summed E-state index contributed by atoms with van der Waals surface area (Å²) in [7, 11) is 0. The number of anilines is 2. The number of hydrogen-bond donors (Lipinski definition) is 0. The van der Waals surface area contributed by atoms with E-state index in [1.54, 1.807) is 10.9 Å². The van der Waals surface area contributed by atoms with Crippen LogP contribution < -0.4 is 20.2 Å². The van der Waals surface area contributed by atoms with Gasteiger partial charge < -0.3 is 24.0 Å². The third-order valence-corrected chi connectivity index (χ3v) is 10.0. The van der Waals surface area contributed by atoms with E-state index in [2.05, 4.69) is 32.0 Å². The number of benzene rings is 4. The second kappa shape index (κ2) is 14.4. The maximum atomic E-state index is 15.1. The highest BCUT2D eigenvalue weighted by Crippen LogP contribution is 2.38. The Labute approximate surface area is 304 Å². The summed E-state index contributed by atoms with van der Waals surface area (Å²) in [5, 5.41) is 13.3. The molecule has 6 aromatic rings. The fourth-order valence-electron chi connectivity index (χ4n) is 6.88.